The van der Waals surface area contributed by atoms with Crippen LogP contribution in [0.15, 0.2) is 42.5 Å². The van der Waals surface area contributed by atoms with Gasteiger partial charge in [0.1, 0.15) is 4.99 Å². The molecule has 1 aliphatic heterocycles. The Morgan fingerprint density at radius 3 is 2.73 bits per heavy atom. The third kappa shape index (κ3) is 2.45. The van der Waals surface area contributed by atoms with Gasteiger partial charge in [-0.1, -0.05) is 48.6 Å². The highest BCUT2D eigenvalue weighted by molar-refractivity contribution is 7.80. The summed E-state index contributed by atoms with van der Waals surface area (Å²) in [6, 6.07) is 11.0. The molecule has 0 saturated heterocycles. The maximum atomic E-state index is 5.34. The summed E-state index contributed by atoms with van der Waals surface area (Å²) in [6.45, 7) is 3.14. The molecule has 1 nitrogen and oxygen atoms in total. The van der Waals surface area contributed by atoms with Crippen LogP contribution in [-0.2, 0) is 6.54 Å². The van der Waals surface area contributed by atoms with Crippen LogP contribution in [0.4, 0.5) is 0 Å². The summed E-state index contributed by atoms with van der Waals surface area (Å²) < 4.78 is 0. The molecule has 1 aromatic rings. The van der Waals surface area contributed by atoms with Crippen molar-refractivity contribution >= 4 is 17.2 Å². The first-order valence-corrected chi connectivity index (χ1v) is 5.69. The van der Waals surface area contributed by atoms with Crippen molar-refractivity contribution < 1.29 is 0 Å². The summed E-state index contributed by atoms with van der Waals surface area (Å²) in [5, 5.41) is 0. The van der Waals surface area contributed by atoms with Gasteiger partial charge in [-0.05, 0) is 25.0 Å². The first-order valence-electron chi connectivity index (χ1n) is 5.28. The van der Waals surface area contributed by atoms with Crippen molar-refractivity contribution in [2.75, 3.05) is 0 Å². The molecular formula is C13H15NS. The van der Waals surface area contributed by atoms with E-state index in [1.54, 1.807) is 0 Å². The minimum Gasteiger partial charge on any atom is -0.355 e. The Hall–Kier alpha value is -1.15. The molecule has 0 spiro atoms. The van der Waals surface area contributed by atoms with Crippen LogP contribution in [-0.4, -0.2) is 15.9 Å². The second kappa shape index (κ2) is 4.58. The molecule has 0 fully saturated rings. The maximum absolute atomic E-state index is 5.34. The summed E-state index contributed by atoms with van der Waals surface area (Å²) in [5.41, 5.74) is 1.32. The molecule has 0 aromatic heterocycles. The first kappa shape index (κ1) is 10.4. The lowest BCUT2D eigenvalue weighted by Gasteiger charge is -2.32. The molecule has 1 aliphatic rings. The van der Waals surface area contributed by atoms with Crippen molar-refractivity contribution in [3.05, 3.63) is 48.0 Å². The fraction of sp³-hybridized carbons (Fsp3) is 0.308. The van der Waals surface area contributed by atoms with Gasteiger partial charge in [0.25, 0.3) is 0 Å². The van der Waals surface area contributed by atoms with Crippen LogP contribution in [0.25, 0.3) is 0 Å². The third-order valence-electron chi connectivity index (χ3n) is 2.75. The summed E-state index contributed by atoms with van der Waals surface area (Å²) in [7, 11) is 0. The summed E-state index contributed by atoms with van der Waals surface area (Å²) in [5.74, 6) is 0. The van der Waals surface area contributed by atoms with E-state index in [4.69, 9.17) is 12.2 Å². The lowest BCUT2D eigenvalue weighted by atomic mass is 10.1. The predicted molar refractivity (Wildman–Crippen MR) is 67.8 cm³/mol. The molecule has 1 unspecified atom stereocenters. The highest BCUT2D eigenvalue weighted by Gasteiger charge is 2.17. The van der Waals surface area contributed by atoms with Gasteiger partial charge in [0, 0.05) is 12.6 Å². The van der Waals surface area contributed by atoms with Crippen molar-refractivity contribution in [3.8, 4) is 0 Å². The van der Waals surface area contributed by atoms with E-state index in [-0.39, 0.29) is 0 Å². The van der Waals surface area contributed by atoms with Gasteiger partial charge in [0.15, 0.2) is 0 Å². The number of rotatable bonds is 2. The smallest absolute Gasteiger partial charge is 0.102 e. The van der Waals surface area contributed by atoms with E-state index in [1.807, 2.05) is 12.1 Å². The minimum absolute atomic E-state index is 0.516. The van der Waals surface area contributed by atoms with Gasteiger partial charge in [0.2, 0.25) is 0 Å². The van der Waals surface area contributed by atoms with Crippen LogP contribution in [0.3, 0.4) is 0 Å². The zero-order valence-electron chi connectivity index (χ0n) is 8.89. The van der Waals surface area contributed by atoms with Crippen molar-refractivity contribution in [1.82, 2.24) is 4.90 Å². The van der Waals surface area contributed by atoms with Crippen LogP contribution in [0.5, 0.6) is 0 Å². The van der Waals surface area contributed by atoms with Gasteiger partial charge in [-0.15, -0.1) is 0 Å². The van der Waals surface area contributed by atoms with Crippen molar-refractivity contribution in [2.45, 2.75) is 25.9 Å². The Balaban J connectivity index is 2.11. The minimum atomic E-state index is 0.516. The van der Waals surface area contributed by atoms with Crippen LogP contribution in [0.1, 0.15) is 18.9 Å². The van der Waals surface area contributed by atoms with E-state index < -0.39 is 0 Å². The van der Waals surface area contributed by atoms with E-state index >= 15 is 0 Å². The van der Waals surface area contributed by atoms with E-state index in [0.29, 0.717) is 6.04 Å². The van der Waals surface area contributed by atoms with Crippen molar-refractivity contribution in [2.24, 2.45) is 0 Å². The molecule has 1 heterocycles. The Morgan fingerprint density at radius 1 is 1.33 bits per heavy atom. The number of nitrogens with zero attached hydrogens (tertiary/aromatic N) is 1. The van der Waals surface area contributed by atoms with Crippen LogP contribution in [0, 0.1) is 0 Å². The SMILES string of the molecule is CC1CC=CC(=S)N1Cc1ccccc1. The lowest BCUT2D eigenvalue weighted by molar-refractivity contribution is 0.325. The number of hydrogen-bond donors (Lipinski definition) is 0. The van der Waals surface area contributed by atoms with Crippen LogP contribution < -0.4 is 0 Å². The lowest BCUT2D eigenvalue weighted by Crippen LogP contribution is -2.37. The zero-order chi connectivity index (χ0) is 10.7. The fourth-order valence-corrected chi connectivity index (χ4v) is 2.16. The second-order valence-corrected chi connectivity index (χ2v) is 4.36. The van der Waals surface area contributed by atoms with Gasteiger partial charge >= 0.3 is 0 Å². The Morgan fingerprint density at radius 2 is 2.07 bits per heavy atom. The molecule has 0 bridgehead atoms. The molecule has 15 heavy (non-hydrogen) atoms. The molecule has 1 aromatic carbocycles. The van der Waals surface area contributed by atoms with Crippen LogP contribution >= 0.6 is 12.2 Å². The monoisotopic (exact) mass is 217 g/mol. The van der Waals surface area contributed by atoms with Crippen LogP contribution in [0.2, 0.25) is 0 Å². The molecule has 2 rings (SSSR count). The Bertz CT molecular complexity index is 369. The molecular weight excluding hydrogens is 202 g/mol. The largest absolute Gasteiger partial charge is 0.355 e. The average Bonchev–Trinajstić information content (AvgIpc) is 2.25. The highest BCUT2D eigenvalue weighted by Crippen LogP contribution is 2.16. The predicted octanol–water partition coefficient (Wildman–Crippen LogP) is 3.16. The van der Waals surface area contributed by atoms with E-state index in [9.17, 15) is 0 Å². The fourth-order valence-electron chi connectivity index (χ4n) is 1.82. The van der Waals surface area contributed by atoms with Crippen molar-refractivity contribution in [1.29, 1.82) is 0 Å². The van der Waals surface area contributed by atoms with E-state index in [0.717, 1.165) is 18.0 Å². The Kier molecular flexibility index (Phi) is 3.17. The number of hydrogen-bond acceptors (Lipinski definition) is 1. The zero-order valence-corrected chi connectivity index (χ0v) is 9.70. The Labute approximate surface area is 96.4 Å². The number of thiocarbonyl (C=S) groups is 1. The van der Waals surface area contributed by atoms with Crippen molar-refractivity contribution in [3.63, 3.8) is 0 Å². The van der Waals surface area contributed by atoms with Gasteiger partial charge in [0.05, 0.1) is 0 Å². The molecule has 0 radical (unpaired) electrons. The highest BCUT2D eigenvalue weighted by atomic mass is 32.1. The standard InChI is InChI=1S/C13H15NS/c1-11-6-5-9-13(15)14(11)10-12-7-3-2-4-8-12/h2-5,7-9,11H,6,10H2,1H3. The van der Waals surface area contributed by atoms with E-state index in [2.05, 4.69) is 42.2 Å². The topological polar surface area (TPSA) is 3.24 Å². The second-order valence-electron chi connectivity index (χ2n) is 3.94. The summed E-state index contributed by atoms with van der Waals surface area (Å²) in [4.78, 5) is 3.24. The maximum Gasteiger partial charge on any atom is 0.102 e. The molecule has 0 N–H and O–H groups in total. The first-order chi connectivity index (χ1) is 7.27. The molecule has 0 amide bonds. The average molecular weight is 217 g/mol. The summed E-state index contributed by atoms with van der Waals surface area (Å²) in [6.07, 6.45) is 5.29. The van der Waals surface area contributed by atoms with Gasteiger partial charge in [-0.25, -0.2) is 0 Å². The van der Waals surface area contributed by atoms with Gasteiger partial charge in [-0.2, -0.15) is 0 Å². The van der Waals surface area contributed by atoms with Gasteiger partial charge < -0.3 is 4.90 Å². The molecule has 0 saturated carbocycles. The quantitative estimate of drug-likeness (QED) is 0.700. The number of benzene rings is 1. The molecule has 1 atom stereocenters. The van der Waals surface area contributed by atoms with Gasteiger partial charge in [-0.3, -0.25) is 0 Å². The molecule has 78 valence electrons. The molecule has 0 aliphatic carbocycles. The normalized spacial score (nSPS) is 20.7. The third-order valence-corrected chi connectivity index (χ3v) is 3.12. The van der Waals surface area contributed by atoms with E-state index in [1.165, 1.54) is 5.56 Å². The summed E-state index contributed by atoms with van der Waals surface area (Å²) >= 11 is 5.34. The molecule has 2 heteroatoms.